The quantitative estimate of drug-likeness (QED) is 0.246. The highest BCUT2D eigenvalue weighted by Crippen LogP contribution is 2.42. The van der Waals surface area contributed by atoms with Gasteiger partial charge in [-0.15, -0.1) is 6.58 Å². The van der Waals surface area contributed by atoms with Crippen LogP contribution >= 0.6 is 0 Å². The first-order valence-electron chi connectivity index (χ1n) is 16.5. The Bertz CT molecular complexity index is 1150. The molecule has 12 heteroatoms. The number of carbonyl (C=O) groups is 4. The Hall–Kier alpha value is -2.38. The monoisotopic (exact) mass is 652 g/mol. The Labute approximate surface area is 274 Å². The van der Waals surface area contributed by atoms with E-state index in [4.69, 9.17) is 23.7 Å². The van der Waals surface area contributed by atoms with E-state index in [9.17, 15) is 24.3 Å². The van der Waals surface area contributed by atoms with Crippen LogP contribution in [0.25, 0.3) is 0 Å². The van der Waals surface area contributed by atoms with Gasteiger partial charge in [-0.05, 0) is 61.1 Å². The van der Waals surface area contributed by atoms with Gasteiger partial charge in [0.2, 0.25) is 0 Å². The second kappa shape index (κ2) is 14.8. The number of hydrogen-bond donors (Lipinski definition) is 1. The average molecular weight is 653 g/mol. The number of carbonyl (C=O) groups excluding carboxylic acids is 4. The predicted molar refractivity (Wildman–Crippen MR) is 170 cm³/mol. The molecule has 1 amide bonds. The van der Waals surface area contributed by atoms with Crippen LogP contribution in [0, 0.1) is 23.7 Å². The van der Waals surface area contributed by atoms with E-state index in [1.54, 1.807) is 54.7 Å². The molecule has 0 spiro atoms. The van der Waals surface area contributed by atoms with Crippen molar-refractivity contribution in [2.75, 3.05) is 27.7 Å². The minimum absolute atomic E-state index is 0.0834. The predicted octanol–water partition coefficient (Wildman–Crippen LogP) is 3.38. The van der Waals surface area contributed by atoms with Gasteiger partial charge in [0, 0.05) is 30.8 Å². The zero-order chi connectivity index (χ0) is 34.9. The zero-order valence-electron chi connectivity index (χ0n) is 29.5. The van der Waals surface area contributed by atoms with Crippen LogP contribution in [0.5, 0.6) is 0 Å². The lowest BCUT2D eigenvalue weighted by Gasteiger charge is -2.47. The summed E-state index contributed by atoms with van der Waals surface area (Å²) in [6.45, 7) is 17.7. The van der Waals surface area contributed by atoms with E-state index in [1.807, 2.05) is 25.9 Å². The molecule has 0 aromatic rings. The van der Waals surface area contributed by atoms with Crippen LogP contribution in [0.4, 0.5) is 4.79 Å². The summed E-state index contributed by atoms with van der Waals surface area (Å²) < 4.78 is 30.8. The van der Waals surface area contributed by atoms with E-state index >= 15 is 0 Å². The van der Waals surface area contributed by atoms with Crippen LogP contribution in [0.15, 0.2) is 12.7 Å². The average Bonchev–Trinajstić information content (AvgIpc) is 3.23. The molecular weight excluding hydrogens is 596 g/mol. The standard InChI is InChI=1S/C34H56N2O10/c1-13-15-42-33(8)17-18(3)25(37)20(5)28-34(9,46-32(41)36(28)12)24(14-2)44-30(40)22(7)26(38)21(6)29(33)45-31-27(39)23(35(10)11)16-19(4)43-31/h13,18-24,27-29,31,39H,1,14-17H2,2-12H3/t18-,19-,20+,21+,22-,23+,24-,27-,28-,29-,31+,33-,34-/m1/s1. The van der Waals surface area contributed by atoms with Crippen LogP contribution in [0.1, 0.15) is 74.7 Å². The maximum absolute atomic E-state index is 14.2. The number of hydrogen-bond acceptors (Lipinski definition) is 11. The van der Waals surface area contributed by atoms with Crippen LogP contribution < -0.4 is 0 Å². The van der Waals surface area contributed by atoms with Crippen LogP contribution in [0.2, 0.25) is 0 Å². The normalized spacial score (nSPS) is 43.2. The number of ether oxygens (including phenoxy) is 5. The molecule has 3 saturated heterocycles. The summed E-state index contributed by atoms with van der Waals surface area (Å²) in [4.78, 5) is 58.2. The summed E-state index contributed by atoms with van der Waals surface area (Å²) in [7, 11) is 5.30. The van der Waals surface area contributed by atoms with Crippen LogP contribution in [0.3, 0.4) is 0 Å². The largest absolute Gasteiger partial charge is 0.458 e. The molecule has 0 aliphatic carbocycles. The first-order valence-corrected chi connectivity index (χ1v) is 16.5. The van der Waals surface area contributed by atoms with Crippen molar-refractivity contribution in [3.63, 3.8) is 0 Å². The van der Waals surface area contributed by atoms with E-state index in [0.29, 0.717) is 6.42 Å². The number of fused-ring (bicyclic) bond motifs is 1. The Morgan fingerprint density at radius 3 is 2.26 bits per heavy atom. The van der Waals surface area contributed by atoms with Gasteiger partial charge in [-0.3, -0.25) is 14.4 Å². The number of nitrogens with zero attached hydrogens (tertiary/aromatic N) is 2. The topological polar surface area (TPSA) is 141 Å². The molecule has 0 aromatic heterocycles. The van der Waals surface area contributed by atoms with Gasteiger partial charge >= 0.3 is 12.1 Å². The van der Waals surface area contributed by atoms with Gasteiger partial charge < -0.3 is 38.6 Å². The number of ketones is 2. The van der Waals surface area contributed by atoms with E-state index in [0.717, 1.165) is 0 Å². The Balaban J connectivity index is 2.16. The van der Waals surface area contributed by atoms with Gasteiger partial charge in [0.25, 0.3) is 0 Å². The summed E-state index contributed by atoms with van der Waals surface area (Å²) in [5.41, 5.74) is -2.63. The van der Waals surface area contributed by atoms with Crippen LogP contribution in [-0.4, -0.2) is 120 Å². The van der Waals surface area contributed by atoms with Crippen molar-refractivity contribution in [3.8, 4) is 0 Å². The summed E-state index contributed by atoms with van der Waals surface area (Å²) in [6.07, 6.45) is -2.46. The van der Waals surface area contributed by atoms with Crippen molar-refractivity contribution >= 4 is 23.6 Å². The maximum atomic E-state index is 14.2. The molecule has 3 aliphatic rings. The van der Waals surface area contributed by atoms with Gasteiger partial charge in [-0.1, -0.05) is 33.8 Å². The van der Waals surface area contributed by atoms with Crippen molar-refractivity contribution in [2.45, 2.75) is 129 Å². The number of amides is 1. The number of esters is 1. The van der Waals surface area contributed by atoms with Crippen molar-refractivity contribution in [1.29, 1.82) is 0 Å². The lowest BCUT2D eigenvalue weighted by Crippen LogP contribution is -2.60. The SMILES string of the molecule is C=CCO[C@]1(C)C[C@@H](C)C(=O)[C@H](C)[C@H]2N(C)C(=O)O[C@]2(C)[C@@H](CC)OC(=O)[C@H](C)C(=O)[C@H](C)[C@H]1O[C@@H]1O[C@H](C)C[C@H](N(C)C)[C@H]1O. The number of aliphatic hydroxyl groups excluding tert-OH is 1. The zero-order valence-corrected chi connectivity index (χ0v) is 29.5. The minimum atomic E-state index is -1.34. The van der Waals surface area contributed by atoms with E-state index in [1.165, 1.54) is 11.8 Å². The van der Waals surface area contributed by atoms with Gasteiger partial charge in [-0.25, -0.2) is 4.79 Å². The summed E-state index contributed by atoms with van der Waals surface area (Å²) in [6, 6.07) is -1.02. The van der Waals surface area contributed by atoms with E-state index < -0.39 is 83.4 Å². The summed E-state index contributed by atoms with van der Waals surface area (Å²) in [5, 5.41) is 11.4. The van der Waals surface area contributed by atoms with E-state index in [2.05, 4.69) is 6.58 Å². The molecule has 1 N–H and O–H groups in total. The lowest BCUT2D eigenvalue weighted by molar-refractivity contribution is -0.296. The highest BCUT2D eigenvalue weighted by atomic mass is 16.7. The molecule has 0 aromatic carbocycles. The minimum Gasteiger partial charge on any atom is -0.458 e. The molecule has 3 rings (SSSR count). The highest BCUT2D eigenvalue weighted by Gasteiger charge is 2.59. The fourth-order valence-electron chi connectivity index (χ4n) is 7.82. The molecule has 0 unspecified atom stereocenters. The fourth-order valence-corrected chi connectivity index (χ4v) is 7.82. The number of cyclic esters (lactones) is 1. The number of aliphatic hydroxyl groups is 1. The third kappa shape index (κ3) is 7.36. The van der Waals surface area contributed by atoms with Crippen LogP contribution in [-0.2, 0) is 38.1 Å². The molecule has 12 nitrogen and oxygen atoms in total. The molecule has 3 heterocycles. The molecule has 13 atom stereocenters. The van der Waals surface area contributed by atoms with Crippen molar-refractivity contribution in [2.24, 2.45) is 23.7 Å². The highest BCUT2D eigenvalue weighted by molar-refractivity contribution is 6.00. The summed E-state index contributed by atoms with van der Waals surface area (Å²) >= 11 is 0. The second-order valence-electron chi connectivity index (χ2n) is 14.2. The molecule has 262 valence electrons. The third-order valence-electron chi connectivity index (χ3n) is 10.4. The molecule has 3 aliphatic heterocycles. The molecular formula is C34H56N2O10. The summed E-state index contributed by atoms with van der Waals surface area (Å²) in [5.74, 6) is -4.90. The number of Topliss-reactive ketones (excluding diaryl/α,β-unsaturated/α-hetero) is 2. The first kappa shape index (κ1) is 38.1. The molecule has 0 bridgehead atoms. The molecule has 46 heavy (non-hydrogen) atoms. The van der Waals surface area contributed by atoms with Gasteiger partial charge in [-0.2, -0.15) is 0 Å². The van der Waals surface area contributed by atoms with Gasteiger partial charge in [0.1, 0.15) is 23.9 Å². The van der Waals surface area contributed by atoms with Crippen molar-refractivity contribution < 1.29 is 48.0 Å². The number of likely N-dealkylation sites (N-methyl/N-ethyl adjacent to an activating group) is 2. The molecule has 3 fully saturated rings. The Morgan fingerprint density at radius 1 is 1.07 bits per heavy atom. The number of rotatable bonds is 7. The van der Waals surface area contributed by atoms with Crippen molar-refractivity contribution in [3.05, 3.63) is 12.7 Å². The van der Waals surface area contributed by atoms with Gasteiger partial charge in [0.05, 0.1) is 30.5 Å². The fraction of sp³-hybridized carbons (Fsp3) is 0.824. The smallest absolute Gasteiger partial charge is 0.410 e. The second-order valence-corrected chi connectivity index (χ2v) is 14.2. The van der Waals surface area contributed by atoms with E-state index in [-0.39, 0.29) is 37.4 Å². The Kier molecular flexibility index (Phi) is 12.3. The lowest BCUT2D eigenvalue weighted by atomic mass is 9.73. The molecule has 0 saturated carbocycles. The van der Waals surface area contributed by atoms with Gasteiger partial charge in [0.15, 0.2) is 17.7 Å². The Morgan fingerprint density at radius 2 is 1.70 bits per heavy atom. The first-order chi connectivity index (χ1) is 21.3. The van der Waals surface area contributed by atoms with Crippen molar-refractivity contribution in [1.82, 2.24) is 9.80 Å². The maximum Gasteiger partial charge on any atom is 0.410 e. The molecule has 0 radical (unpaired) electrons. The third-order valence-corrected chi connectivity index (χ3v) is 10.4.